The van der Waals surface area contributed by atoms with Crippen molar-refractivity contribution in [3.05, 3.63) is 42.0 Å². The number of hydrogen-bond acceptors (Lipinski definition) is 7. The Kier molecular flexibility index (Phi) is 5.31. The van der Waals surface area contributed by atoms with Crippen molar-refractivity contribution in [2.24, 2.45) is 0 Å². The van der Waals surface area contributed by atoms with Crippen LogP contribution in [0.5, 0.6) is 11.5 Å². The molecule has 0 aliphatic carbocycles. The lowest BCUT2D eigenvalue weighted by Crippen LogP contribution is -2.46. The van der Waals surface area contributed by atoms with Crippen LogP contribution in [-0.4, -0.2) is 55.3 Å². The van der Waals surface area contributed by atoms with Crippen LogP contribution in [0, 0.1) is 11.3 Å². The first kappa shape index (κ1) is 17.0. The van der Waals surface area contributed by atoms with E-state index in [2.05, 4.69) is 19.8 Å². The number of hydrogen-bond donors (Lipinski definition) is 0. The molecule has 3 heterocycles. The number of anilines is 1. The lowest BCUT2D eigenvalue weighted by Gasteiger charge is -2.35. The van der Waals surface area contributed by atoms with Gasteiger partial charge in [0.25, 0.3) is 0 Å². The molecule has 2 aromatic heterocycles. The Morgan fingerprint density at radius 1 is 1.08 bits per heavy atom. The van der Waals surface area contributed by atoms with Crippen molar-refractivity contribution in [2.45, 2.75) is 6.54 Å². The Bertz CT molecular complexity index is 749. The van der Waals surface area contributed by atoms with Crippen LogP contribution in [-0.2, 0) is 6.54 Å². The third-order valence-corrected chi connectivity index (χ3v) is 4.34. The number of rotatable bonds is 5. The number of nitriles is 1. The zero-order chi connectivity index (χ0) is 17.6. The van der Waals surface area contributed by atoms with E-state index in [1.807, 2.05) is 12.1 Å². The molecule has 7 heteroatoms. The third-order valence-electron chi connectivity index (χ3n) is 4.34. The van der Waals surface area contributed by atoms with E-state index in [1.54, 1.807) is 38.7 Å². The molecule has 1 aliphatic heterocycles. The van der Waals surface area contributed by atoms with E-state index in [1.165, 1.54) is 0 Å². The molecule has 3 rings (SSSR count). The van der Waals surface area contributed by atoms with Gasteiger partial charge in [0.2, 0.25) is 0 Å². The summed E-state index contributed by atoms with van der Waals surface area (Å²) >= 11 is 0. The van der Waals surface area contributed by atoms with Gasteiger partial charge in [-0.1, -0.05) is 0 Å². The highest BCUT2D eigenvalue weighted by atomic mass is 16.5. The lowest BCUT2D eigenvalue weighted by molar-refractivity contribution is 0.241. The number of methoxy groups -OCH3 is 2. The molecule has 0 saturated carbocycles. The second-order valence-electron chi connectivity index (χ2n) is 5.77. The fraction of sp³-hybridized carbons (Fsp3) is 0.389. The average molecular weight is 339 g/mol. The molecule has 1 saturated heterocycles. The van der Waals surface area contributed by atoms with E-state index in [4.69, 9.17) is 14.7 Å². The number of piperazine rings is 1. The molecule has 0 radical (unpaired) electrons. The summed E-state index contributed by atoms with van der Waals surface area (Å²) in [5, 5.41) is 8.84. The van der Waals surface area contributed by atoms with E-state index < -0.39 is 0 Å². The van der Waals surface area contributed by atoms with Crippen molar-refractivity contribution in [3.8, 4) is 17.6 Å². The van der Waals surface area contributed by atoms with Crippen LogP contribution in [0.3, 0.4) is 0 Å². The Labute approximate surface area is 147 Å². The maximum Gasteiger partial charge on any atom is 0.183 e. The second kappa shape index (κ2) is 7.81. The molecule has 25 heavy (non-hydrogen) atoms. The van der Waals surface area contributed by atoms with Gasteiger partial charge in [0, 0.05) is 45.0 Å². The molecule has 0 bridgehead atoms. The van der Waals surface area contributed by atoms with Gasteiger partial charge >= 0.3 is 0 Å². The molecule has 0 amide bonds. The van der Waals surface area contributed by atoms with Gasteiger partial charge in [0.15, 0.2) is 11.5 Å². The molecule has 0 atom stereocenters. The van der Waals surface area contributed by atoms with Crippen LogP contribution < -0.4 is 14.4 Å². The van der Waals surface area contributed by atoms with E-state index >= 15 is 0 Å². The molecule has 1 aliphatic rings. The van der Waals surface area contributed by atoms with E-state index in [0.717, 1.165) is 44.1 Å². The quantitative estimate of drug-likeness (QED) is 0.820. The Morgan fingerprint density at radius 3 is 2.48 bits per heavy atom. The van der Waals surface area contributed by atoms with E-state index in [9.17, 15) is 0 Å². The van der Waals surface area contributed by atoms with Crippen molar-refractivity contribution in [3.63, 3.8) is 0 Å². The maximum atomic E-state index is 8.84. The highest BCUT2D eigenvalue weighted by Gasteiger charge is 2.20. The minimum Gasteiger partial charge on any atom is -0.493 e. The molecule has 0 aromatic carbocycles. The van der Waals surface area contributed by atoms with Crippen LogP contribution in [0.2, 0.25) is 0 Å². The molecule has 0 spiro atoms. The first-order chi connectivity index (χ1) is 12.2. The summed E-state index contributed by atoms with van der Waals surface area (Å²) in [7, 11) is 3.27. The van der Waals surface area contributed by atoms with Gasteiger partial charge < -0.3 is 14.4 Å². The summed E-state index contributed by atoms with van der Waals surface area (Å²) in [6.45, 7) is 4.36. The lowest BCUT2D eigenvalue weighted by atomic mass is 10.2. The third kappa shape index (κ3) is 3.80. The predicted molar refractivity (Wildman–Crippen MR) is 93.8 cm³/mol. The SMILES string of the molecule is COc1ccnc(CN2CCN(c3ccc(C#N)nc3)CC2)c1OC. The van der Waals surface area contributed by atoms with Crippen LogP contribution in [0.25, 0.3) is 0 Å². The van der Waals surface area contributed by atoms with Crippen molar-refractivity contribution >= 4 is 5.69 Å². The summed E-state index contributed by atoms with van der Waals surface area (Å²) in [5.41, 5.74) is 2.38. The van der Waals surface area contributed by atoms with Gasteiger partial charge in [-0.3, -0.25) is 9.88 Å². The van der Waals surface area contributed by atoms with E-state index in [-0.39, 0.29) is 0 Å². The molecular formula is C18H21N5O2. The molecule has 1 fully saturated rings. The first-order valence-electron chi connectivity index (χ1n) is 8.14. The second-order valence-corrected chi connectivity index (χ2v) is 5.77. The summed E-state index contributed by atoms with van der Waals surface area (Å²) in [6.07, 6.45) is 3.51. The molecule has 0 N–H and O–H groups in total. The average Bonchev–Trinajstić information content (AvgIpc) is 2.68. The van der Waals surface area contributed by atoms with Crippen molar-refractivity contribution in [1.29, 1.82) is 5.26 Å². The smallest absolute Gasteiger partial charge is 0.183 e. The van der Waals surface area contributed by atoms with Crippen LogP contribution in [0.1, 0.15) is 11.4 Å². The van der Waals surface area contributed by atoms with Crippen LogP contribution >= 0.6 is 0 Å². The molecular weight excluding hydrogens is 318 g/mol. The molecule has 2 aromatic rings. The fourth-order valence-electron chi connectivity index (χ4n) is 2.98. The Hall–Kier alpha value is -2.85. The number of aromatic nitrogens is 2. The minimum absolute atomic E-state index is 0.443. The Morgan fingerprint density at radius 2 is 1.88 bits per heavy atom. The largest absolute Gasteiger partial charge is 0.493 e. The fourth-order valence-corrected chi connectivity index (χ4v) is 2.98. The zero-order valence-corrected chi connectivity index (χ0v) is 14.5. The zero-order valence-electron chi connectivity index (χ0n) is 14.5. The van der Waals surface area contributed by atoms with Crippen molar-refractivity contribution < 1.29 is 9.47 Å². The van der Waals surface area contributed by atoms with Gasteiger partial charge in [-0.25, -0.2) is 4.98 Å². The summed E-state index contributed by atoms with van der Waals surface area (Å²) < 4.78 is 10.8. The number of pyridine rings is 2. The summed E-state index contributed by atoms with van der Waals surface area (Å²) in [4.78, 5) is 13.2. The highest BCUT2D eigenvalue weighted by molar-refractivity contribution is 5.46. The Balaban J connectivity index is 1.62. The maximum absolute atomic E-state index is 8.84. The van der Waals surface area contributed by atoms with Gasteiger partial charge in [-0.2, -0.15) is 5.26 Å². The molecule has 0 unspecified atom stereocenters. The van der Waals surface area contributed by atoms with Crippen molar-refractivity contribution in [2.75, 3.05) is 45.3 Å². The monoisotopic (exact) mass is 339 g/mol. The van der Waals surface area contributed by atoms with E-state index in [0.29, 0.717) is 17.2 Å². The molecule has 7 nitrogen and oxygen atoms in total. The number of ether oxygens (including phenoxy) is 2. The summed E-state index contributed by atoms with van der Waals surface area (Å²) in [6, 6.07) is 7.56. The topological polar surface area (TPSA) is 74.5 Å². The predicted octanol–water partition coefficient (Wildman–Crippen LogP) is 1.69. The molecule has 130 valence electrons. The van der Waals surface area contributed by atoms with Crippen LogP contribution in [0.15, 0.2) is 30.6 Å². The minimum atomic E-state index is 0.443. The first-order valence-corrected chi connectivity index (χ1v) is 8.14. The normalized spacial score (nSPS) is 14.8. The van der Waals surface area contributed by atoms with Crippen LogP contribution in [0.4, 0.5) is 5.69 Å². The van der Waals surface area contributed by atoms with Gasteiger partial charge in [-0.15, -0.1) is 0 Å². The number of nitrogens with zero attached hydrogens (tertiary/aromatic N) is 5. The van der Waals surface area contributed by atoms with Gasteiger partial charge in [-0.05, 0) is 12.1 Å². The van der Waals surface area contributed by atoms with Gasteiger partial charge in [0.1, 0.15) is 17.5 Å². The summed E-state index contributed by atoms with van der Waals surface area (Å²) in [5.74, 6) is 1.40. The van der Waals surface area contributed by atoms with Gasteiger partial charge in [0.05, 0.1) is 26.1 Å². The highest BCUT2D eigenvalue weighted by Crippen LogP contribution is 2.30. The standard InChI is InChI=1S/C18H21N5O2/c1-24-17-5-6-20-16(18(17)25-2)13-22-7-9-23(10-8-22)15-4-3-14(11-19)21-12-15/h3-6,12H,7-10,13H2,1-2H3. The van der Waals surface area contributed by atoms with Crippen molar-refractivity contribution in [1.82, 2.24) is 14.9 Å².